The van der Waals surface area contributed by atoms with Crippen LogP contribution in [0.3, 0.4) is 0 Å². The average Bonchev–Trinajstić information content (AvgIpc) is 2.03. The summed E-state index contributed by atoms with van der Waals surface area (Å²) in [6.07, 6.45) is -4.65. The molecule has 0 spiro atoms. The number of nitrogens with zero attached hydrogens (tertiary/aromatic N) is 1. The fraction of sp³-hybridized carbons (Fsp3) is 0.143. The molecule has 0 radical (unpaired) electrons. The van der Waals surface area contributed by atoms with Crippen molar-refractivity contribution in [2.45, 2.75) is 6.30 Å². The number of hydrogen-bond donors (Lipinski definition) is 1. The molecule has 0 saturated heterocycles. The number of hydrazine groups is 1. The number of benzene rings is 1. The minimum atomic E-state index is -4.65. The topological polar surface area (TPSA) is 29.3 Å². The van der Waals surface area contributed by atoms with Gasteiger partial charge >= 0.3 is 6.30 Å². The first kappa shape index (κ1) is 9.79. The fourth-order valence-corrected chi connectivity index (χ4v) is 0.748. The molecular formula is C7H6F4N2. The van der Waals surface area contributed by atoms with E-state index in [1.807, 2.05) is 0 Å². The Kier molecular flexibility index (Phi) is 2.42. The van der Waals surface area contributed by atoms with E-state index in [-0.39, 0.29) is 10.7 Å². The van der Waals surface area contributed by atoms with Gasteiger partial charge in [-0.2, -0.15) is 0 Å². The first-order chi connectivity index (χ1) is 5.91. The van der Waals surface area contributed by atoms with E-state index in [0.717, 1.165) is 24.3 Å². The molecule has 1 aromatic carbocycles. The van der Waals surface area contributed by atoms with Gasteiger partial charge in [-0.05, 0) is 24.3 Å². The molecule has 0 saturated carbocycles. The van der Waals surface area contributed by atoms with Gasteiger partial charge in [0.05, 0.1) is 5.69 Å². The van der Waals surface area contributed by atoms with Crippen LogP contribution in [0.1, 0.15) is 0 Å². The van der Waals surface area contributed by atoms with Crippen LogP contribution in [0.15, 0.2) is 24.3 Å². The van der Waals surface area contributed by atoms with Gasteiger partial charge in [0.2, 0.25) is 0 Å². The standard InChI is InChI=1S/C7H6F4N2/c8-5-1-3-6(4-2-5)13(12)7(9,10)11/h1-4H,12H2. The molecule has 1 rings (SSSR count). The van der Waals surface area contributed by atoms with Gasteiger partial charge in [-0.3, -0.25) is 0 Å². The zero-order chi connectivity index (χ0) is 10.1. The maximum absolute atomic E-state index is 12.3. The van der Waals surface area contributed by atoms with Crippen molar-refractivity contribution in [2.24, 2.45) is 5.84 Å². The SMILES string of the molecule is NN(c1ccc(F)cc1)C(F)(F)F. The van der Waals surface area contributed by atoms with Crippen molar-refractivity contribution in [3.8, 4) is 0 Å². The minimum Gasteiger partial charge on any atom is -0.240 e. The van der Waals surface area contributed by atoms with E-state index in [4.69, 9.17) is 5.84 Å². The number of rotatable bonds is 1. The summed E-state index contributed by atoms with van der Waals surface area (Å²) in [5.41, 5.74) is -0.311. The summed E-state index contributed by atoms with van der Waals surface area (Å²) in [4.78, 5) is 0. The van der Waals surface area contributed by atoms with Crippen LogP contribution in [0.5, 0.6) is 0 Å². The Morgan fingerprint density at radius 3 is 1.92 bits per heavy atom. The molecule has 0 heterocycles. The quantitative estimate of drug-likeness (QED) is 0.321. The first-order valence-corrected chi connectivity index (χ1v) is 3.28. The second-order valence-corrected chi connectivity index (χ2v) is 2.31. The van der Waals surface area contributed by atoms with Crippen LogP contribution in [0.2, 0.25) is 0 Å². The van der Waals surface area contributed by atoms with Crippen LogP contribution in [0, 0.1) is 5.82 Å². The van der Waals surface area contributed by atoms with Crippen molar-refractivity contribution < 1.29 is 17.6 Å². The Morgan fingerprint density at radius 2 is 1.54 bits per heavy atom. The molecule has 0 aliphatic carbocycles. The summed E-state index contributed by atoms with van der Waals surface area (Å²) in [5, 5.41) is -0.382. The third-order valence-corrected chi connectivity index (χ3v) is 1.38. The highest BCUT2D eigenvalue weighted by atomic mass is 19.4. The van der Waals surface area contributed by atoms with Crippen molar-refractivity contribution in [3.63, 3.8) is 0 Å². The van der Waals surface area contributed by atoms with E-state index in [2.05, 4.69) is 0 Å². The van der Waals surface area contributed by atoms with Crippen LogP contribution in [-0.4, -0.2) is 6.30 Å². The van der Waals surface area contributed by atoms with Gasteiger partial charge in [-0.1, -0.05) is 0 Å². The maximum atomic E-state index is 12.3. The van der Waals surface area contributed by atoms with Crippen molar-refractivity contribution in [1.29, 1.82) is 0 Å². The molecule has 2 nitrogen and oxygen atoms in total. The van der Waals surface area contributed by atoms with Gasteiger partial charge < -0.3 is 0 Å². The highest BCUT2D eigenvalue weighted by Gasteiger charge is 2.35. The lowest BCUT2D eigenvalue weighted by Crippen LogP contribution is -2.43. The predicted octanol–water partition coefficient (Wildman–Crippen LogP) is 2.03. The lowest BCUT2D eigenvalue weighted by atomic mass is 10.3. The Hall–Kier alpha value is -1.30. The summed E-state index contributed by atoms with van der Waals surface area (Å²) < 4.78 is 48.1. The summed E-state index contributed by atoms with van der Waals surface area (Å²) in [6, 6.07) is 3.70. The highest BCUT2D eigenvalue weighted by Crippen LogP contribution is 2.24. The van der Waals surface area contributed by atoms with Gasteiger partial charge in [-0.25, -0.2) is 15.2 Å². The number of hydrogen-bond acceptors (Lipinski definition) is 2. The molecule has 0 aromatic heterocycles. The largest absolute Gasteiger partial charge is 0.498 e. The average molecular weight is 194 g/mol. The Labute approximate surface area is 71.5 Å². The molecule has 1 aromatic rings. The minimum absolute atomic E-state index is 0.311. The van der Waals surface area contributed by atoms with E-state index in [0.29, 0.717) is 0 Å². The van der Waals surface area contributed by atoms with Crippen molar-refractivity contribution in [3.05, 3.63) is 30.1 Å². The number of nitrogens with two attached hydrogens (primary N) is 1. The summed E-state index contributed by atoms with van der Waals surface area (Å²) >= 11 is 0. The molecule has 13 heavy (non-hydrogen) atoms. The fourth-order valence-electron chi connectivity index (χ4n) is 0.748. The molecule has 0 unspecified atom stereocenters. The monoisotopic (exact) mass is 194 g/mol. The van der Waals surface area contributed by atoms with Gasteiger partial charge in [0.15, 0.2) is 0 Å². The number of anilines is 1. The van der Waals surface area contributed by atoms with Gasteiger partial charge in [0.25, 0.3) is 0 Å². The molecule has 0 bridgehead atoms. The molecule has 72 valence electrons. The van der Waals surface area contributed by atoms with E-state index in [1.54, 1.807) is 0 Å². The van der Waals surface area contributed by atoms with Crippen molar-refractivity contribution >= 4 is 5.69 Å². The second kappa shape index (κ2) is 3.21. The van der Waals surface area contributed by atoms with E-state index in [9.17, 15) is 17.6 Å². The molecule has 0 atom stereocenters. The molecule has 0 amide bonds. The third-order valence-electron chi connectivity index (χ3n) is 1.38. The van der Waals surface area contributed by atoms with Crippen molar-refractivity contribution in [1.82, 2.24) is 0 Å². The highest BCUT2D eigenvalue weighted by molar-refractivity contribution is 5.45. The van der Waals surface area contributed by atoms with Gasteiger partial charge in [0, 0.05) is 0 Å². The molecule has 6 heteroatoms. The first-order valence-electron chi connectivity index (χ1n) is 3.28. The number of halogens is 4. The zero-order valence-electron chi connectivity index (χ0n) is 6.35. The van der Waals surface area contributed by atoms with Crippen LogP contribution in [-0.2, 0) is 0 Å². The molecule has 0 aliphatic rings. The Morgan fingerprint density at radius 1 is 1.08 bits per heavy atom. The van der Waals surface area contributed by atoms with Crippen molar-refractivity contribution in [2.75, 3.05) is 5.01 Å². The zero-order valence-corrected chi connectivity index (χ0v) is 6.35. The molecular weight excluding hydrogens is 188 g/mol. The lowest BCUT2D eigenvalue weighted by molar-refractivity contribution is -0.129. The smallest absolute Gasteiger partial charge is 0.240 e. The molecule has 0 aliphatic heterocycles. The van der Waals surface area contributed by atoms with Crippen LogP contribution >= 0.6 is 0 Å². The van der Waals surface area contributed by atoms with Gasteiger partial charge in [-0.15, -0.1) is 13.2 Å². The van der Waals surface area contributed by atoms with Crippen LogP contribution < -0.4 is 10.9 Å². The van der Waals surface area contributed by atoms with E-state index >= 15 is 0 Å². The summed E-state index contributed by atoms with van der Waals surface area (Å²) in [6.45, 7) is 0. The molecule has 2 N–H and O–H groups in total. The maximum Gasteiger partial charge on any atom is 0.498 e. The Balaban J connectivity index is 2.90. The third kappa shape index (κ3) is 2.32. The molecule has 0 fully saturated rings. The van der Waals surface area contributed by atoms with Crippen LogP contribution in [0.4, 0.5) is 23.2 Å². The summed E-state index contributed by atoms with van der Waals surface area (Å²) in [5.74, 6) is 4.10. The van der Waals surface area contributed by atoms with Crippen LogP contribution in [0.25, 0.3) is 0 Å². The second-order valence-electron chi connectivity index (χ2n) is 2.31. The van der Waals surface area contributed by atoms with E-state index < -0.39 is 12.1 Å². The summed E-state index contributed by atoms with van der Waals surface area (Å²) in [7, 11) is 0. The normalized spacial score (nSPS) is 11.5. The lowest BCUT2D eigenvalue weighted by Gasteiger charge is -2.20. The number of alkyl halides is 3. The predicted molar refractivity (Wildman–Crippen MR) is 39.1 cm³/mol. The van der Waals surface area contributed by atoms with E-state index in [1.165, 1.54) is 0 Å². The van der Waals surface area contributed by atoms with Gasteiger partial charge in [0.1, 0.15) is 5.82 Å². The Bertz CT molecular complexity index is 280.